The first-order valence-electron chi connectivity index (χ1n) is 20.3. The summed E-state index contributed by atoms with van der Waals surface area (Å²) in [6, 6.07) is 62.4. The molecule has 0 N–H and O–H groups in total. The lowest BCUT2D eigenvalue weighted by Crippen LogP contribution is -2.33. The van der Waals surface area contributed by atoms with Gasteiger partial charge in [0, 0.05) is 34.0 Å². The summed E-state index contributed by atoms with van der Waals surface area (Å²) in [5, 5.41) is 2.20. The number of benzene rings is 8. The molecule has 59 heavy (non-hydrogen) atoms. The number of para-hydroxylation sites is 3. The predicted octanol–water partition coefficient (Wildman–Crippen LogP) is 14.8. The predicted molar refractivity (Wildman–Crippen MR) is 237 cm³/mol. The molecule has 3 unspecified atom stereocenters. The van der Waals surface area contributed by atoms with Crippen molar-refractivity contribution in [2.75, 3.05) is 4.90 Å². The van der Waals surface area contributed by atoms with E-state index in [1.165, 1.54) is 33.4 Å². The summed E-state index contributed by atoms with van der Waals surface area (Å²) in [5.74, 6) is 3.41. The van der Waals surface area contributed by atoms with Crippen LogP contribution in [0.1, 0.15) is 28.2 Å². The number of furan rings is 1. The van der Waals surface area contributed by atoms with E-state index in [0.29, 0.717) is 17.4 Å². The Hall–Kier alpha value is -7.56. The van der Waals surface area contributed by atoms with Crippen molar-refractivity contribution in [3.63, 3.8) is 0 Å². The molecule has 0 saturated carbocycles. The molecular weight excluding hydrogens is 723 g/mol. The topological polar surface area (TPSA) is 34.8 Å². The zero-order valence-corrected chi connectivity index (χ0v) is 31.9. The molecule has 4 aliphatic rings. The molecule has 3 aliphatic carbocycles. The van der Waals surface area contributed by atoms with Crippen molar-refractivity contribution in [1.29, 1.82) is 0 Å². The third-order valence-electron chi connectivity index (χ3n) is 13.0. The highest BCUT2D eigenvalue weighted by molar-refractivity contribution is 6.10. The molecule has 3 atom stereocenters. The second-order valence-electron chi connectivity index (χ2n) is 15.9. The highest BCUT2D eigenvalue weighted by Gasteiger charge is 2.57. The van der Waals surface area contributed by atoms with Crippen molar-refractivity contribution in [2.45, 2.75) is 11.3 Å². The van der Waals surface area contributed by atoms with Gasteiger partial charge in [0.1, 0.15) is 5.58 Å². The normalized spacial score (nSPS) is 18.7. The van der Waals surface area contributed by atoms with Crippen molar-refractivity contribution < 1.29 is 13.9 Å². The van der Waals surface area contributed by atoms with Crippen LogP contribution in [0.2, 0.25) is 0 Å². The van der Waals surface area contributed by atoms with E-state index in [4.69, 9.17) is 13.9 Å². The molecule has 4 heteroatoms. The van der Waals surface area contributed by atoms with Gasteiger partial charge in [-0.1, -0.05) is 140 Å². The summed E-state index contributed by atoms with van der Waals surface area (Å²) >= 11 is 0. The maximum Gasteiger partial charge on any atom is 0.170 e. The molecule has 0 radical (unpaired) electrons. The van der Waals surface area contributed by atoms with Gasteiger partial charge in [-0.2, -0.15) is 0 Å². The van der Waals surface area contributed by atoms with Gasteiger partial charge in [0.05, 0.1) is 11.1 Å². The quantitative estimate of drug-likeness (QED) is 0.179. The van der Waals surface area contributed by atoms with Crippen molar-refractivity contribution in [2.24, 2.45) is 5.92 Å². The van der Waals surface area contributed by atoms with Crippen molar-refractivity contribution in [3.05, 3.63) is 222 Å². The van der Waals surface area contributed by atoms with Gasteiger partial charge in [-0.05, 0) is 105 Å². The highest BCUT2D eigenvalue weighted by Crippen LogP contribution is 2.66. The summed E-state index contributed by atoms with van der Waals surface area (Å²) in [4.78, 5) is 2.28. The fourth-order valence-corrected chi connectivity index (χ4v) is 10.6. The van der Waals surface area contributed by atoms with Crippen molar-refractivity contribution in [1.82, 2.24) is 0 Å². The average Bonchev–Trinajstić information content (AvgIpc) is 3.92. The van der Waals surface area contributed by atoms with Crippen LogP contribution in [0.3, 0.4) is 0 Å². The summed E-state index contributed by atoms with van der Waals surface area (Å²) in [5.41, 5.74) is 14.4. The monoisotopic (exact) mass is 757 g/mol. The van der Waals surface area contributed by atoms with Crippen LogP contribution in [0.4, 0.5) is 17.1 Å². The van der Waals surface area contributed by atoms with E-state index in [1.54, 1.807) is 0 Å². The summed E-state index contributed by atoms with van der Waals surface area (Å²) in [6.07, 6.45) is 9.21. The van der Waals surface area contributed by atoms with Crippen LogP contribution < -0.4 is 14.4 Å². The largest absolute Gasteiger partial charge is 0.454 e. The fourth-order valence-electron chi connectivity index (χ4n) is 10.6. The van der Waals surface area contributed by atoms with Gasteiger partial charge in [-0.15, -0.1) is 0 Å². The third kappa shape index (κ3) is 4.54. The van der Waals surface area contributed by atoms with Gasteiger partial charge < -0.3 is 18.8 Å². The van der Waals surface area contributed by atoms with Gasteiger partial charge in [0.15, 0.2) is 28.6 Å². The Morgan fingerprint density at radius 1 is 0.458 bits per heavy atom. The average molecular weight is 758 g/mol. The second-order valence-corrected chi connectivity index (χ2v) is 15.9. The Balaban J connectivity index is 0.910. The Morgan fingerprint density at radius 2 is 1.17 bits per heavy atom. The molecule has 0 fully saturated rings. The van der Waals surface area contributed by atoms with E-state index >= 15 is 0 Å². The first kappa shape index (κ1) is 32.5. The Morgan fingerprint density at radius 3 is 2.12 bits per heavy atom. The number of rotatable bonds is 4. The van der Waals surface area contributed by atoms with E-state index in [0.717, 1.165) is 61.6 Å². The van der Waals surface area contributed by atoms with E-state index < -0.39 is 0 Å². The van der Waals surface area contributed by atoms with Gasteiger partial charge in [-0.3, -0.25) is 0 Å². The number of hydrogen-bond donors (Lipinski definition) is 0. The first-order chi connectivity index (χ1) is 29.2. The molecule has 4 nitrogen and oxygen atoms in total. The molecule has 2 heterocycles. The molecular formula is C55H35NO3. The fraction of sp³-hybridized carbons (Fsp3) is 0.0545. The minimum atomic E-state index is -0.341. The zero-order valence-electron chi connectivity index (χ0n) is 31.9. The van der Waals surface area contributed by atoms with Crippen LogP contribution in [0.25, 0.3) is 44.2 Å². The standard InChI is InChI=1S/C55H35NO3/c1-2-15-36(16-3-1)56(48-26-13-22-42-41-21-7-11-27-49(41)59-54(42)48)37-17-12-14-34(30-37)35-28-29-50-51(31-35)58-53-33-47-43(32-52(53)57-50)40-20-6-10-25-46(40)55(47)44-23-8-4-18-38(44)39-19-5-9-24-45(39)55/h1-33,38,44H. The molecule has 1 spiro atoms. The van der Waals surface area contributed by atoms with Gasteiger partial charge in [0.2, 0.25) is 0 Å². The van der Waals surface area contributed by atoms with Gasteiger partial charge >= 0.3 is 0 Å². The Labute approximate surface area is 341 Å². The van der Waals surface area contributed by atoms with Crippen LogP contribution in [-0.4, -0.2) is 0 Å². The Kier molecular flexibility index (Phi) is 6.74. The smallest absolute Gasteiger partial charge is 0.170 e. The molecule has 9 aromatic rings. The van der Waals surface area contributed by atoms with Gasteiger partial charge in [0.25, 0.3) is 0 Å². The van der Waals surface area contributed by atoms with E-state index in [2.05, 4.69) is 181 Å². The van der Waals surface area contributed by atoms with Crippen LogP contribution in [-0.2, 0) is 5.41 Å². The van der Waals surface area contributed by atoms with Gasteiger partial charge in [-0.25, -0.2) is 0 Å². The summed E-state index contributed by atoms with van der Waals surface area (Å²) < 4.78 is 20.2. The third-order valence-corrected chi connectivity index (χ3v) is 13.0. The van der Waals surface area contributed by atoms with Crippen LogP contribution >= 0.6 is 0 Å². The molecule has 1 aromatic heterocycles. The maximum atomic E-state index is 6.90. The summed E-state index contributed by atoms with van der Waals surface area (Å²) in [6.45, 7) is 0. The first-order valence-corrected chi connectivity index (χ1v) is 20.3. The van der Waals surface area contributed by atoms with E-state index in [9.17, 15) is 0 Å². The van der Waals surface area contributed by atoms with Crippen LogP contribution in [0.15, 0.2) is 205 Å². The molecule has 0 amide bonds. The number of fused-ring (bicyclic) bond motifs is 15. The number of allylic oxidation sites excluding steroid dienone is 4. The maximum absolute atomic E-state index is 6.90. The zero-order chi connectivity index (χ0) is 38.7. The van der Waals surface area contributed by atoms with Crippen molar-refractivity contribution >= 4 is 39.0 Å². The number of hydrogen-bond acceptors (Lipinski definition) is 4. The lowest BCUT2D eigenvalue weighted by atomic mass is 9.65. The number of anilines is 3. The minimum absolute atomic E-state index is 0.246. The van der Waals surface area contributed by atoms with Crippen molar-refractivity contribution in [3.8, 4) is 45.3 Å². The number of ether oxygens (including phenoxy) is 2. The second kappa shape index (κ2) is 12.2. The minimum Gasteiger partial charge on any atom is -0.454 e. The Bertz CT molecular complexity index is 3270. The summed E-state index contributed by atoms with van der Waals surface area (Å²) in [7, 11) is 0. The van der Waals surface area contributed by atoms with Crippen LogP contribution in [0, 0.1) is 5.92 Å². The molecule has 8 aromatic carbocycles. The molecule has 0 saturated heterocycles. The van der Waals surface area contributed by atoms with E-state index in [-0.39, 0.29) is 11.3 Å². The highest BCUT2D eigenvalue weighted by atomic mass is 16.6. The molecule has 0 bridgehead atoms. The number of nitrogens with zero attached hydrogens (tertiary/aromatic N) is 1. The SMILES string of the molecule is C1=CC2c3ccccc3C3(c4ccccc4-c4cc5c(cc43)Oc3cc(-c4cccc(N(c6ccccc6)c6cccc7c6oc6ccccc67)c4)ccc3O5)C2C=C1. The lowest BCUT2D eigenvalue weighted by molar-refractivity contribution is 0.358. The lowest BCUT2D eigenvalue weighted by Gasteiger charge is -2.36. The molecule has 1 aliphatic heterocycles. The molecule has 13 rings (SSSR count). The molecule has 278 valence electrons. The van der Waals surface area contributed by atoms with Crippen LogP contribution in [0.5, 0.6) is 23.0 Å². The van der Waals surface area contributed by atoms with E-state index in [1.807, 2.05) is 24.3 Å².